The number of carbonyl (C=O) groups excluding carboxylic acids is 1. The van der Waals surface area contributed by atoms with Crippen molar-refractivity contribution in [3.63, 3.8) is 0 Å². The molecule has 0 saturated heterocycles. The zero-order valence-corrected chi connectivity index (χ0v) is 15.3. The molecule has 0 atom stereocenters. The minimum absolute atomic E-state index is 0.199. The van der Waals surface area contributed by atoms with Gasteiger partial charge in [-0.05, 0) is 29.2 Å². The number of carbonyl (C=O) groups is 1. The van der Waals surface area contributed by atoms with E-state index in [4.69, 9.17) is 0 Å². The molecule has 0 fully saturated rings. The summed E-state index contributed by atoms with van der Waals surface area (Å²) < 4.78 is 2.00. The zero-order chi connectivity index (χ0) is 18.5. The molecule has 0 radical (unpaired) electrons. The lowest BCUT2D eigenvalue weighted by Crippen LogP contribution is -2.07. The van der Waals surface area contributed by atoms with Crippen LogP contribution in [0.15, 0.2) is 96.0 Å². The first-order valence-corrected chi connectivity index (χ1v) is 9.40. The summed E-state index contributed by atoms with van der Waals surface area (Å²) in [5, 5.41) is 0. The van der Waals surface area contributed by atoms with Crippen LogP contribution in [0.3, 0.4) is 0 Å². The minimum atomic E-state index is -0.199. The van der Waals surface area contributed by atoms with Crippen molar-refractivity contribution in [2.45, 2.75) is 6.42 Å². The van der Waals surface area contributed by atoms with Crippen molar-refractivity contribution in [3.8, 4) is 17.1 Å². The van der Waals surface area contributed by atoms with Crippen molar-refractivity contribution in [1.82, 2.24) is 8.94 Å². The number of amides is 1. The maximum atomic E-state index is 12.4. The highest BCUT2D eigenvalue weighted by Gasteiger charge is 2.11. The Balaban J connectivity index is 1.74. The Morgan fingerprint density at radius 2 is 1.44 bits per heavy atom. The van der Waals surface area contributed by atoms with E-state index in [1.165, 1.54) is 11.5 Å². The second kappa shape index (κ2) is 7.93. The molecule has 0 spiro atoms. The topological polar surface area (TPSA) is 47.2 Å². The molecule has 27 heavy (non-hydrogen) atoms. The van der Waals surface area contributed by atoms with Crippen molar-refractivity contribution < 1.29 is 4.79 Å². The summed E-state index contributed by atoms with van der Waals surface area (Å²) in [6.07, 6.45) is 0.270. The third-order valence-corrected chi connectivity index (χ3v) is 4.92. The largest absolute Gasteiger partial charge is 0.272 e. The Morgan fingerprint density at radius 1 is 0.852 bits per heavy atom. The van der Waals surface area contributed by atoms with E-state index in [1.54, 1.807) is 0 Å². The van der Waals surface area contributed by atoms with Crippen LogP contribution in [0.5, 0.6) is 0 Å². The van der Waals surface area contributed by atoms with Crippen molar-refractivity contribution in [3.05, 3.63) is 101 Å². The highest BCUT2D eigenvalue weighted by molar-refractivity contribution is 7.04. The van der Waals surface area contributed by atoms with Crippen molar-refractivity contribution in [2.24, 2.45) is 4.99 Å². The molecular formula is C22H17N3OS. The smallest absolute Gasteiger partial charge is 0.252 e. The monoisotopic (exact) mass is 371 g/mol. The van der Waals surface area contributed by atoms with E-state index in [0.29, 0.717) is 4.80 Å². The van der Waals surface area contributed by atoms with Gasteiger partial charge >= 0.3 is 0 Å². The van der Waals surface area contributed by atoms with Crippen LogP contribution in [0.4, 0.5) is 0 Å². The molecule has 0 unspecified atom stereocenters. The van der Waals surface area contributed by atoms with Crippen LogP contribution in [-0.4, -0.2) is 14.8 Å². The predicted octanol–water partition coefficient (Wildman–Crippen LogP) is 4.27. The van der Waals surface area contributed by atoms with Crippen molar-refractivity contribution in [1.29, 1.82) is 0 Å². The maximum absolute atomic E-state index is 12.4. The van der Waals surface area contributed by atoms with Crippen LogP contribution in [0.25, 0.3) is 17.1 Å². The quantitative estimate of drug-likeness (QED) is 0.538. The molecule has 4 aromatic rings. The van der Waals surface area contributed by atoms with E-state index in [9.17, 15) is 4.79 Å². The highest BCUT2D eigenvalue weighted by Crippen LogP contribution is 2.21. The lowest BCUT2D eigenvalue weighted by molar-refractivity contribution is -0.117. The van der Waals surface area contributed by atoms with Gasteiger partial charge in [0.05, 0.1) is 12.1 Å². The number of benzene rings is 3. The molecule has 0 aliphatic heterocycles. The van der Waals surface area contributed by atoms with Crippen LogP contribution in [0.2, 0.25) is 0 Å². The summed E-state index contributed by atoms with van der Waals surface area (Å²) in [7, 11) is 0. The van der Waals surface area contributed by atoms with Crippen LogP contribution < -0.4 is 4.80 Å². The van der Waals surface area contributed by atoms with Gasteiger partial charge in [0.15, 0.2) is 5.82 Å². The summed E-state index contributed by atoms with van der Waals surface area (Å²) in [6.45, 7) is 0. The number of nitrogens with zero attached hydrogens (tertiary/aromatic N) is 3. The molecule has 0 aliphatic rings. The second-order valence-electron chi connectivity index (χ2n) is 5.97. The third-order valence-electron chi connectivity index (χ3n) is 4.01. The van der Waals surface area contributed by atoms with E-state index in [1.807, 2.05) is 95.0 Å². The molecule has 0 N–H and O–H groups in total. The van der Waals surface area contributed by atoms with Crippen LogP contribution in [-0.2, 0) is 11.2 Å². The minimum Gasteiger partial charge on any atom is -0.272 e. The maximum Gasteiger partial charge on any atom is 0.252 e. The SMILES string of the molecule is O=C(Cc1ccccc1)N=c1nc(-c2ccccc2)n(-c2ccccc2)s1. The van der Waals surface area contributed by atoms with Crippen molar-refractivity contribution in [2.75, 3.05) is 0 Å². The normalized spacial score (nSPS) is 11.5. The van der Waals surface area contributed by atoms with Gasteiger partial charge in [-0.25, -0.2) is 3.96 Å². The Labute approximate surface area is 161 Å². The fraction of sp³-hybridized carbons (Fsp3) is 0.0455. The van der Waals surface area contributed by atoms with Gasteiger partial charge in [-0.2, -0.15) is 9.98 Å². The lowest BCUT2D eigenvalue weighted by atomic mass is 10.1. The van der Waals surface area contributed by atoms with E-state index >= 15 is 0 Å². The first-order chi connectivity index (χ1) is 13.3. The molecule has 4 rings (SSSR count). The summed E-state index contributed by atoms with van der Waals surface area (Å²) in [6, 6.07) is 29.5. The van der Waals surface area contributed by atoms with Crippen molar-refractivity contribution >= 4 is 17.4 Å². The Bertz CT molecular complexity index is 1040. The molecule has 0 saturated carbocycles. The molecular weight excluding hydrogens is 354 g/mol. The lowest BCUT2D eigenvalue weighted by Gasteiger charge is -2.05. The van der Waals surface area contributed by atoms with E-state index in [-0.39, 0.29) is 12.3 Å². The summed E-state index contributed by atoms with van der Waals surface area (Å²) in [5.74, 6) is 0.577. The molecule has 1 heterocycles. The molecule has 0 aliphatic carbocycles. The van der Waals surface area contributed by atoms with Gasteiger partial charge in [-0.3, -0.25) is 4.79 Å². The van der Waals surface area contributed by atoms with E-state index < -0.39 is 0 Å². The number of hydrogen-bond acceptors (Lipinski definition) is 3. The number of rotatable bonds is 4. The first-order valence-electron chi connectivity index (χ1n) is 8.62. The van der Waals surface area contributed by atoms with Gasteiger partial charge < -0.3 is 0 Å². The molecule has 5 heteroatoms. The number of aromatic nitrogens is 2. The van der Waals surface area contributed by atoms with Gasteiger partial charge in [-0.1, -0.05) is 78.9 Å². The summed E-state index contributed by atoms with van der Waals surface area (Å²) >= 11 is 1.36. The van der Waals surface area contributed by atoms with Gasteiger partial charge in [0.1, 0.15) is 0 Å². The molecule has 0 bridgehead atoms. The van der Waals surface area contributed by atoms with Crippen LogP contribution >= 0.6 is 11.5 Å². The third kappa shape index (κ3) is 4.10. The molecule has 132 valence electrons. The summed E-state index contributed by atoms with van der Waals surface area (Å²) in [5.41, 5.74) is 2.92. The van der Waals surface area contributed by atoms with Gasteiger partial charge in [0, 0.05) is 5.56 Å². The molecule has 1 amide bonds. The average Bonchev–Trinajstić information content (AvgIpc) is 3.14. The van der Waals surface area contributed by atoms with Gasteiger partial charge in [-0.15, -0.1) is 0 Å². The first kappa shape index (κ1) is 17.1. The molecule has 4 nitrogen and oxygen atoms in total. The Hall–Kier alpha value is -3.31. The number of para-hydroxylation sites is 1. The fourth-order valence-corrected chi connectivity index (χ4v) is 3.64. The van der Waals surface area contributed by atoms with Gasteiger partial charge in [0.2, 0.25) is 4.80 Å². The molecule has 1 aromatic heterocycles. The fourth-order valence-electron chi connectivity index (χ4n) is 2.75. The van der Waals surface area contributed by atoms with Crippen LogP contribution in [0, 0.1) is 0 Å². The zero-order valence-electron chi connectivity index (χ0n) is 14.5. The van der Waals surface area contributed by atoms with E-state index in [2.05, 4.69) is 9.98 Å². The number of hydrogen-bond donors (Lipinski definition) is 0. The average molecular weight is 371 g/mol. The predicted molar refractivity (Wildman–Crippen MR) is 108 cm³/mol. The summed E-state index contributed by atoms with van der Waals surface area (Å²) in [4.78, 5) is 21.7. The van der Waals surface area contributed by atoms with Crippen LogP contribution in [0.1, 0.15) is 5.56 Å². The van der Waals surface area contributed by atoms with Gasteiger partial charge in [0.25, 0.3) is 5.91 Å². The molecule has 3 aromatic carbocycles. The second-order valence-corrected chi connectivity index (χ2v) is 6.89. The standard InChI is InChI=1S/C22H17N3OS/c26-20(16-17-10-4-1-5-11-17)23-22-24-21(18-12-6-2-7-13-18)25(27-22)19-14-8-3-9-15-19/h1-15H,16H2. The highest BCUT2D eigenvalue weighted by atomic mass is 32.1. The Morgan fingerprint density at radius 3 is 2.11 bits per heavy atom. The Kier molecular flexibility index (Phi) is 5.03. The van der Waals surface area contributed by atoms with E-state index in [0.717, 1.165) is 22.6 Å².